The summed E-state index contributed by atoms with van der Waals surface area (Å²) in [4.78, 5) is 5.33. The van der Waals surface area contributed by atoms with E-state index in [1.54, 1.807) is 0 Å². The molecule has 3 rings (SSSR count). The Morgan fingerprint density at radius 1 is 1.18 bits per heavy atom. The first-order valence-electron chi connectivity index (χ1n) is 7.50. The van der Waals surface area contributed by atoms with Gasteiger partial charge < -0.3 is 10.2 Å². The Morgan fingerprint density at radius 3 is 2.76 bits per heavy atom. The fourth-order valence-corrected chi connectivity index (χ4v) is 3.48. The zero-order valence-electron chi connectivity index (χ0n) is 11.2. The van der Waals surface area contributed by atoms with Crippen molar-refractivity contribution in [1.29, 1.82) is 0 Å². The Bertz CT molecular complexity index is 246. The lowest BCUT2D eigenvalue weighted by molar-refractivity contribution is 0.197. The minimum absolute atomic E-state index is 0.753. The van der Waals surface area contributed by atoms with Crippen LogP contribution >= 0.6 is 0 Å². The number of nitrogens with zero attached hydrogens (tertiary/aromatic N) is 2. The standard InChI is InChI=1S/C14H27N3/c1-16(10-12-4-2-3-8-15-12)14-7-9-17(11-14)13-5-6-13/h12-15H,2-11H2,1H3. The van der Waals surface area contributed by atoms with Gasteiger partial charge in [-0.15, -0.1) is 0 Å². The lowest BCUT2D eigenvalue weighted by atomic mass is 10.0. The molecule has 0 radical (unpaired) electrons. The van der Waals surface area contributed by atoms with Crippen LogP contribution in [0.25, 0.3) is 0 Å². The first kappa shape index (κ1) is 11.9. The number of rotatable bonds is 4. The molecular formula is C14H27N3. The molecule has 98 valence electrons. The van der Waals surface area contributed by atoms with E-state index in [2.05, 4.69) is 22.2 Å². The number of hydrogen-bond acceptors (Lipinski definition) is 3. The molecule has 3 heteroatoms. The second-order valence-electron chi connectivity index (χ2n) is 6.26. The number of likely N-dealkylation sites (N-methyl/N-ethyl adjacent to an activating group) is 1. The van der Waals surface area contributed by atoms with Crippen molar-refractivity contribution in [2.75, 3.05) is 33.2 Å². The van der Waals surface area contributed by atoms with Crippen LogP contribution in [0, 0.1) is 0 Å². The van der Waals surface area contributed by atoms with Crippen LogP contribution in [-0.4, -0.2) is 61.2 Å². The van der Waals surface area contributed by atoms with Crippen molar-refractivity contribution in [2.45, 2.75) is 56.7 Å². The number of nitrogens with one attached hydrogen (secondary N) is 1. The molecule has 3 nitrogen and oxygen atoms in total. The topological polar surface area (TPSA) is 18.5 Å². The molecule has 17 heavy (non-hydrogen) atoms. The zero-order valence-corrected chi connectivity index (χ0v) is 11.2. The highest BCUT2D eigenvalue weighted by Crippen LogP contribution is 2.30. The van der Waals surface area contributed by atoms with Gasteiger partial charge in [0.1, 0.15) is 0 Å². The molecule has 3 fully saturated rings. The van der Waals surface area contributed by atoms with Gasteiger partial charge >= 0.3 is 0 Å². The molecule has 0 amide bonds. The summed E-state index contributed by atoms with van der Waals surface area (Å²) < 4.78 is 0. The van der Waals surface area contributed by atoms with Crippen molar-refractivity contribution in [1.82, 2.24) is 15.1 Å². The van der Waals surface area contributed by atoms with Gasteiger partial charge in [0, 0.05) is 37.8 Å². The average Bonchev–Trinajstić information content (AvgIpc) is 3.08. The van der Waals surface area contributed by atoms with Crippen molar-refractivity contribution in [3.05, 3.63) is 0 Å². The van der Waals surface area contributed by atoms with Gasteiger partial charge in [0.05, 0.1) is 0 Å². The van der Waals surface area contributed by atoms with Gasteiger partial charge in [-0.3, -0.25) is 4.90 Å². The summed E-state index contributed by atoms with van der Waals surface area (Å²) in [6.45, 7) is 5.16. The first-order valence-corrected chi connectivity index (χ1v) is 7.50. The number of likely N-dealkylation sites (tertiary alicyclic amines) is 1. The molecule has 1 N–H and O–H groups in total. The van der Waals surface area contributed by atoms with Crippen molar-refractivity contribution >= 4 is 0 Å². The second kappa shape index (κ2) is 5.25. The van der Waals surface area contributed by atoms with E-state index >= 15 is 0 Å². The van der Waals surface area contributed by atoms with Gasteiger partial charge in [0.2, 0.25) is 0 Å². The fourth-order valence-electron chi connectivity index (χ4n) is 3.48. The van der Waals surface area contributed by atoms with E-state index in [0.717, 1.165) is 18.1 Å². The van der Waals surface area contributed by atoms with E-state index in [0.29, 0.717) is 0 Å². The minimum atomic E-state index is 0.753. The molecule has 2 aliphatic heterocycles. The normalized spacial score (nSPS) is 35.6. The SMILES string of the molecule is CN(CC1CCCCN1)C1CCN(C2CC2)C1. The minimum Gasteiger partial charge on any atom is -0.313 e. The summed E-state index contributed by atoms with van der Waals surface area (Å²) in [5.41, 5.74) is 0. The highest BCUT2D eigenvalue weighted by Gasteiger charge is 2.35. The van der Waals surface area contributed by atoms with Gasteiger partial charge in [0.25, 0.3) is 0 Å². The van der Waals surface area contributed by atoms with E-state index in [9.17, 15) is 0 Å². The molecule has 0 bridgehead atoms. The maximum atomic E-state index is 3.66. The predicted molar refractivity (Wildman–Crippen MR) is 71.3 cm³/mol. The van der Waals surface area contributed by atoms with Crippen LogP contribution < -0.4 is 5.32 Å². The van der Waals surface area contributed by atoms with Gasteiger partial charge in [-0.05, 0) is 45.7 Å². The lowest BCUT2D eigenvalue weighted by Gasteiger charge is -2.31. The Balaban J connectivity index is 1.43. The third kappa shape index (κ3) is 3.01. The van der Waals surface area contributed by atoms with Crippen LogP contribution in [0.1, 0.15) is 38.5 Å². The molecule has 1 aliphatic carbocycles. The third-order valence-electron chi connectivity index (χ3n) is 4.80. The largest absolute Gasteiger partial charge is 0.313 e. The summed E-state index contributed by atoms with van der Waals surface area (Å²) in [6.07, 6.45) is 8.48. The van der Waals surface area contributed by atoms with E-state index in [1.165, 1.54) is 64.7 Å². The van der Waals surface area contributed by atoms with Gasteiger partial charge in [-0.1, -0.05) is 6.42 Å². The Hall–Kier alpha value is -0.120. The summed E-state index contributed by atoms with van der Waals surface area (Å²) >= 11 is 0. The van der Waals surface area contributed by atoms with E-state index in [4.69, 9.17) is 0 Å². The number of piperidine rings is 1. The van der Waals surface area contributed by atoms with Crippen LogP contribution in [0.3, 0.4) is 0 Å². The molecule has 0 aromatic heterocycles. The van der Waals surface area contributed by atoms with Gasteiger partial charge in [-0.2, -0.15) is 0 Å². The van der Waals surface area contributed by atoms with E-state index < -0.39 is 0 Å². The highest BCUT2D eigenvalue weighted by molar-refractivity contribution is 4.92. The molecular weight excluding hydrogens is 210 g/mol. The maximum absolute atomic E-state index is 3.66. The Kier molecular flexibility index (Phi) is 3.69. The molecule has 1 saturated carbocycles. The molecule has 2 heterocycles. The molecule has 2 unspecified atom stereocenters. The maximum Gasteiger partial charge on any atom is 0.0233 e. The van der Waals surface area contributed by atoms with Crippen molar-refractivity contribution < 1.29 is 0 Å². The quantitative estimate of drug-likeness (QED) is 0.795. The summed E-state index contributed by atoms with van der Waals surface area (Å²) in [5.74, 6) is 0. The monoisotopic (exact) mass is 237 g/mol. The second-order valence-corrected chi connectivity index (χ2v) is 6.26. The Morgan fingerprint density at radius 2 is 2.06 bits per heavy atom. The van der Waals surface area contributed by atoms with Crippen molar-refractivity contribution in [3.63, 3.8) is 0 Å². The lowest BCUT2D eigenvalue weighted by Crippen LogP contribution is -2.46. The van der Waals surface area contributed by atoms with E-state index in [-0.39, 0.29) is 0 Å². The molecule has 2 saturated heterocycles. The van der Waals surface area contributed by atoms with Gasteiger partial charge in [0.15, 0.2) is 0 Å². The summed E-state index contributed by atoms with van der Waals surface area (Å²) in [5, 5.41) is 3.66. The average molecular weight is 237 g/mol. The van der Waals surface area contributed by atoms with Crippen LogP contribution in [0.5, 0.6) is 0 Å². The van der Waals surface area contributed by atoms with Crippen LogP contribution in [0.15, 0.2) is 0 Å². The number of hydrogen-bond donors (Lipinski definition) is 1. The molecule has 0 aromatic rings. The predicted octanol–water partition coefficient (Wildman–Crippen LogP) is 1.30. The molecule has 2 atom stereocenters. The Labute approximate surface area is 106 Å². The smallest absolute Gasteiger partial charge is 0.0233 e. The van der Waals surface area contributed by atoms with Crippen molar-refractivity contribution in [3.8, 4) is 0 Å². The molecule has 3 aliphatic rings. The summed E-state index contributed by atoms with van der Waals surface area (Å²) in [7, 11) is 2.33. The van der Waals surface area contributed by atoms with Crippen LogP contribution in [0.4, 0.5) is 0 Å². The third-order valence-corrected chi connectivity index (χ3v) is 4.80. The summed E-state index contributed by atoms with van der Waals surface area (Å²) in [6, 6.07) is 2.53. The van der Waals surface area contributed by atoms with Crippen LogP contribution in [-0.2, 0) is 0 Å². The zero-order chi connectivity index (χ0) is 11.7. The van der Waals surface area contributed by atoms with Crippen LogP contribution in [0.2, 0.25) is 0 Å². The van der Waals surface area contributed by atoms with E-state index in [1.807, 2.05) is 0 Å². The molecule has 0 aromatic carbocycles. The van der Waals surface area contributed by atoms with Gasteiger partial charge in [-0.25, -0.2) is 0 Å². The highest BCUT2D eigenvalue weighted by atomic mass is 15.3. The fraction of sp³-hybridized carbons (Fsp3) is 1.00. The van der Waals surface area contributed by atoms with Crippen molar-refractivity contribution in [2.24, 2.45) is 0 Å². The molecule has 0 spiro atoms. The first-order chi connectivity index (χ1) is 8.33.